The van der Waals surface area contributed by atoms with Crippen molar-refractivity contribution < 1.29 is 21.6 Å². The van der Waals surface area contributed by atoms with Gasteiger partial charge in [0.2, 0.25) is 10.0 Å². The molecular weight excluding hydrogens is 353 g/mol. The summed E-state index contributed by atoms with van der Waals surface area (Å²) in [6.45, 7) is 1.14. The van der Waals surface area contributed by atoms with Crippen molar-refractivity contribution in [1.82, 2.24) is 9.62 Å². The summed E-state index contributed by atoms with van der Waals surface area (Å²) in [6, 6.07) is 3.01. The molecule has 9 heteroatoms. The summed E-state index contributed by atoms with van der Waals surface area (Å²) in [7, 11) is -2.48. The van der Waals surface area contributed by atoms with E-state index in [4.69, 9.17) is 11.6 Å². The topological polar surface area (TPSA) is 49.4 Å². The van der Waals surface area contributed by atoms with Crippen LogP contribution in [0.5, 0.6) is 0 Å². The molecule has 1 aliphatic rings. The molecule has 1 aromatic carbocycles. The molecule has 0 radical (unpaired) electrons. The van der Waals surface area contributed by atoms with Crippen molar-refractivity contribution in [3.05, 3.63) is 28.8 Å². The Bertz CT molecular complexity index is 656. The average molecular weight is 371 g/mol. The third-order valence-corrected chi connectivity index (χ3v) is 6.36. The number of hydrogen-bond donors (Lipinski definition) is 1. The minimum Gasteiger partial charge on any atom is -0.319 e. The van der Waals surface area contributed by atoms with Gasteiger partial charge in [0, 0.05) is 13.1 Å². The number of benzene rings is 1. The number of piperidine rings is 1. The number of rotatable bonds is 4. The zero-order valence-corrected chi connectivity index (χ0v) is 14.1. The van der Waals surface area contributed by atoms with Gasteiger partial charge in [0.05, 0.1) is 10.6 Å². The number of nitrogens with one attached hydrogen (secondary N) is 1. The van der Waals surface area contributed by atoms with E-state index in [2.05, 4.69) is 5.32 Å². The highest BCUT2D eigenvalue weighted by atomic mass is 35.5. The Hall–Kier alpha value is -0.830. The first-order chi connectivity index (χ1) is 10.7. The number of sulfonamides is 1. The SMILES string of the molecule is CNCC1CCN(S(=O)(=O)c2c(Cl)cccc2C(F)(F)F)CC1. The second kappa shape index (κ2) is 6.96. The molecule has 1 fully saturated rings. The first-order valence-corrected chi connectivity index (χ1v) is 9.00. The normalized spacial score (nSPS) is 18.3. The van der Waals surface area contributed by atoms with Crippen LogP contribution in [-0.2, 0) is 16.2 Å². The van der Waals surface area contributed by atoms with Gasteiger partial charge in [0.25, 0.3) is 0 Å². The van der Waals surface area contributed by atoms with Gasteiger partial charge in [-0.05, 0) is 44.5 Å². The Morgan fingerprint density at radius 2 is 1.91 bits per heavy atom. The smallest absolute Gasteiger partial charge is 0.319 e. The van der Waals surface area contributed by atoms with E-state index < -0.39 is 31.7 Å². The average Bonchev–Trinajstić information content (AvgIpc) is 2.46. The third-order valence-electron chi connectivity index (χ3n) is 3.94. The zero-order valence-electron chi connectivity index (χ0n) is 12.5. The first-order valence-electron chi connectivity index (χ1n) is 7.18. The summed E-state index contributed by atoms with van der Waals surface area (Å²) in [4.78, 5) is -0.846. The fourth-order valence-corrected chi connectivity index (χ4v) is 4.96. The maximum absolute atomic E-state index is 13.1. The molecule has 23 heavy (non-hydrogen) atoms. The molecule has 0 aromatic heterocycles. The van der Waals surface area contributed by atoms with Crippen molar-refractivity contribution in [3.8, 4) is 0 Å². The monoisotopic (exact) mass is 370 g/mol. The van der Waals surface area contributed by atoms with Crippen LogP contribution in [0, 0.1) is 5.92 Å². The zero-order chi connectivity index (χ0) is 17.3. The number of nitrogens with zero attached hydrogens (tertiary/aromatic N) is 1. The molecule has 1 N–H and O–H groups in total. The Balaban J connectivity index is 2.35. The summed E-state index contributed by atoms with van der Waals surface area (Å²) in [5.74, 6) is 0.319. The summed E-state index contributed by atoms with van der Waals surface area (Å²) in [5.41, 5.74) is -1.22. The van der Waals surface area contributed by atoms with Gasteiger partial charge in [-0.25, -0.2) is 8.42 Å². The molecular formula is C14H18ClF3N2O2S. The van der Waals surface area contributed by atoms with Crippen LogP contribution >= 0.6 is 11.6 Å². The van der Waals surface area contributed by atoms with Crippen LogP contribution in [0.15, 0.2) is 23.1 Å². The third kappa shape index (κ3) is 3.99. The maximum Gasteiger partial charge on any atom is 0.417 e. The lowest BCUT2D eigenvalue weighted by Crippen LogP contribution is -2.41. The predicted molar refractivity (Wildman–Crippen MR) is 81.9 cm³/mol. The quantitative estimate of drug-likeness (QED) is 0.886. The summed E-state index contributed by atoms with van der Waals surface area (Å²) in [5, 5.41) is 2.62. The van der Waals surface area contributed by atoms with Crippen LogP contribution in [0.25, 0.3) is 0 Å². The lowest BCUT2D eigenvalue weighted by Gasteiger charge is -2.32. The molecule has 1 aromatic rings. The van der Waals surface area contributed by atoms with Crippen molar-refractivity contribution in [2.45, 2.75) is 23.9 Å². The van der Waals surface area contributed by atoms with Crippen molar-refractivity contribution >= 4 is 21.6 Å². The molecule has 0 aliphatic carbocycles. The van der Waals surface area contributed by atoms with Crippen LogP contribution in [0.1, 0.15) is 18.4 Å². The fourth-order valence-electron chi connectivity index (χ4n) is 2.77. The highest BCUT2D eigenvalue weighted by Crippen LogP contribution is 2.39. The summed E-state index contributed by atoms with van der Waals surface area (Å²) in [6.07, 6.45) is -3.57. The minimum absolute atomic E-state index is 0.192. The van der Waals surface area contributed by atoms with Crippen LogP contribution in [0.4, 0.5) is 13.2 Å². The Morgan fingerprint density at radius 3 is 2.43 bits per heavy atom. The predicted octanol–water partition coefficient (Wildman–Crippen LogP) is 2.98. The van der Waals surface area contributed by atoms with Crippen molar-refractivity contribution in [2.75, 3.05) is 26.7 Å². The van der Waals surface area contributed by atoms with Crippen molar-refractivity contribution in [3.63, 3.8) is 0 Å². The molecule has 0 atom stereocenters. The Morgan fingerprint density at radius 1 is 1.30 bits per heavy atom. The van der Waals surface area contributed by atoms with Crippen LogP contribution < -0.4 is 5.32 Å². The van der Waals surface area contributed by atoms with E-state index in [1.807, 2.05) is 7.05 Å². The van der Waals surface area contributed by atoms with Crippen molar-refractivity contribution in [1.29, 1.82) is 0 Å². The molecule has 2 rings (SSSR count). The molecule has 1 saturated heterocycles. The highest BCUT2D eigenvalue weighted by molar-refractivity contribution is 7.89. The molecule has 130 valence electrons. The van der Waals surface area contributed by atoms with E-state index in [1.165, 1.54) is 0 Å². The highest BCUT2D eigenvalue weighted by Gasteiger charge is 2.41. The first kappa shape index (κ1) is 18.5. The Labute approximate surface area is 138 Å². The van der Waals surface area contributed by atoms with E-state index in [1.54, 1.807) is 0 Å². The van der Waals surface area contributed by atoms with Gasteiger partial charge in [0.15, 0.2) is 0 Å². The second-order valence-corrected chi connectivity index (χ2v) is 7.80. The van der Waals surface area contributed by atoms with Crippen LogP contribution in [0.3, 0.4) is 0 Å². The number of hydrogen-bond acceptors (Lipinski definition) is 3. The van der Waals surface area contributed by atoms with Crippen LogP contribution in [0.2, 0.25) is 5.02 Å². The molecule has 1 heterocycles. The van der Waals surface area contributed by atoms with Gasteiger partial charge >= 0.3 is 6.18 Å². The Kier molecular flexibility index (Phi) is 5.60. The van der Waals surface area contributed by atoms with Crippen molar-refractivity contribution in [2.24, 2.45) is 5.92 Å². The molecule has 4 nitrogen and oxygen atoms in total. The van der Waals surface area contributed by atoms with E-state index in [0.717, 1.165) is 29.0 Å². The number of alkyl halides is 3. The standard InChI is InChI=1S/C14H18ClF3N2O2S/c1-19-9-10-5-7-20(8-6-10)23(21,22)13-11(14(16,17)18)3-2-4-12(13)15/h2-4,10,19H,5-9H2,1H3. The summed E-state index contributed by atoms with van der Waals surface area (Å²) < 4.78 is 65.8. The lowest BCUT2D eigenvalue weighted by atomic mass is 9.98. The molecule has 0 saturated carbocycles. The van der Waals surface area contributed by atoms with E-state index in [9.17, 15) is 21.6 Å². The van der Waals surface area contributed by atoms with E-state index in [-0.39, 0.29) is 13.1 Å². The molecule has 0 unspecified atom stereocenters. The fraction of sp³-hybridized carbons (Fsp3) is 0.571. The largest absolute Gasteiger partial charge is 0.417 e. The second-order valence-electron chi connectivity index (χ2n) is 5.52. The number of halogens is 4. The van der Waals surface area contributed by atoms with Gasteiger partial charge in [-0.2, -0.15) is 17.5 Å². The van der Waals surface area contributed by atoms with Gasteiger partial charge in [0.1, 0.15) is 4.90 Å². The van der Waals surface area contributed by atoms with Gasteiger partial charge in [-0.3, -0.25) is 0 Å². The molecule has 1 aliphatic heterocycles. The molecule has 0 spiro atoms. The van der Waals surface area contributed by atoms with E-state index in [0.29, 0.717) is 18.8 Å². The molecule has 0 bridgehead atoms. The lowest BCUT2D eigenvalue weighted by molar-refractivity contribution is -0.139. The minimum atomic E-state index is -4.78. The van der Waals surface area contributed by atoms with Gasteiger partial charge < -0.3 is 5.32 Å². The van der Waals surface area contributed by atoms with E-state index >= 15 is 0 Å². The maximum atomic E-state index is 13.1. The van der Waals surface area contributed by atoms with Crippen LogP contribution in [-0.4, -0.2) is 39.4 Å². The molecule has 0 amide bonds. The van der Waals surface area contributed by atoms with Gasteiger partial charge in [-0.15, -0.1) is 0 Å². The summed E-state index contributed by atoms with van der Waals surface area (Å²) >= 11 is 5.80. The van der Waals surface area contributed by atoms with Gasteiger partial charge in [-0.1, -0.05) is 17.7 Å².